The first-order valence-electron chi connectivity index (χ1n) is 5.16. The Balaban J connectivity index is 1.78. The Hall–Kier alpha value is -1.59. The van der Waals surface area contributed by atoms with Crippen LogP contribution < -0.4 is 5.32 Å². The number of nitrogens with zero attached hydrogens (tertiary/aromatic N) is 2. The molecule has 86 valence electrons. The Bertz CT molecular complexity index is 422. The Morgan fingerprint density at radius 1 is 1.62 bits per heavy atom. The van der Waals surface area contributed by atoms with Crippen LogP contribution in [0.15, 0.2) is 35.2 Å². The summed E-state index contributed by atoms with van der Waals surface area (Å²) in [6.07, 6.45) is 4.58. The second-order valence-electron chi connectivity index (χ2n) is 3.62. The molecule has 0 amide bonds. The number of nitrogens with one attached hydrogen (secondary N) is 1. The van der Waals surface area contributed by atoms with Gasteiger partial charge in [0, 0.05) is 26.0 Å². The largest absolute Gasteiger partial charge is 0.467 e. The van der Waals surface area contributed by atoms with Crippen molar-refractivity contribution < 1.29 is 9.52 Å². The zero-order chi connectivity index (χ0) is 11.4. The minimum Gasteiger partial charge on any atom is -0.467 e. The maximum atomic E-state index is 9.72. The normalized spacial score (nSPS) is 12.9. The summed E-state index contributed by atoms with van der Waals surface area (Å²) >= 11 is 0. The minimum atomic E-state index is -0.615. The first-order valence-corrected chi connectivity index (χ1v) is 5.16. The summed E-state index contributed by atoms with van der Waals surface area (Å²) in [7, 11) is 1.94. The number of hydrogen-bond donors (Lipinski definition) is 2. The summed E-state index contributed by atoms with van der Waals surface area (Å²) in [4.78, 5) is 4.17. The van der Waals surface area contributed by atoms with Crippen LogP contribution in [0.4, 0.5) is 0 Å². The topological polar surface area (TPSA) is 63.2 Å². The number of rotatable bonds is 5. The molecule has 0 aliphatic carbocycles. The summed E-state index contributed by atoms with van der Waals surface area (Å²) in [6.45, 7) is 1.07. The molecule has 0 bridgehead atoms. The molecule has 2 rings (SSSR count). The van der Waals surface area contributed by atoms with E-state index in [0.717, 1.165) is 5.82 Å². The van der Waals surface area contributed by atoms with Gasteiger partial charge < -0.3 is 19.4 Å². The fraction of sp³-hybridized carbons (Fsp3) is 0.364. The zero-order valence-corrected chi connectivity index (χ0v) is 9.13. The summed E-state index contributed by atoms with van der Waals surface area (Å²) in [5.41, 5.74) is 0. The predicted molar refractivity (Wildman–Crippen MR) is 58.6 cm³/mol. The average Bonchev–Trinajstić information content (AvgIpc) is 2.90. The second kappa shape index (κ2) is 4.96. The van der Waals surface area contributed by atoms with E-state index < -0.39 is 6.10 Å². The van der Waals surface area contributed by atoms with E-state index in [4.69, 9.17) is 4.42 Å². The van der Waals surface area contributed by atoms with Gasteiger partial charge in [0.2, 0.25) is 0 Å². The highest BCUT2D eigenvalue weighted by Crippen LogP contribution is 2.11. The molecule has 5 heteroatoms. The molecule has 0 spiro atoms. The van der Waals surface area contributed by atoms with E-state index in [-0.39, 0.29) is 0 Å². The standard InChI is InChI=1S/C11H15N3O2/c1-14-5-4-13-11(14)8-12-7-9(15)10-3-2-6-16-10/h2-6,9,12,15H,7-8H2,1H3. The maximum Gasteiger partial charge on any atom is 0.133 e. The third-order valence-electron chi connectivity index (χ3n) is 2.41. The summed E-state index contributed by atoms with van der Waals surface area (Å²) in [5.74, 6) is 1.51. The molecular weight excluding hydrogens is 206 g/mol. The average molecular weight is 221 g/mol. The molecule has 0 aromatic carbocycles. The Kier molecular flexibility index (Phi) is 3.38. The number of aliphatic hydroxyl groups is 1. The van der Waals surface area contributed by atoms with Gasteiger partial charge in [-0.25, -0.2) is 4.98 Å². The van der Waals surface area contributed by atoms with Crippen molar-refractivity contribution in [3.63, 3.8) is 0 Å². The van der Waals surface area contributed by atoms with Crippen LogP contribution in [-0.2, 0) is 13.6 Å². The molecule has 0 radical (unpaired) electrons. The van der Waals surface area contributed by atoms with Crippen molar-refractivity contribution in [2.75, 3.05) is 6.54 Å². The zero-order valence-electron chi connectivity index (χ0n) is 9.13. The number of aliphatic hydroxyl groups excluding tert-OH is 1. The van der Waals surface area contributed by atoms with Gasteiger partial charge in [-0.2, -0.15) is 0 Å². The molecule has 5 nitrogen and oxygen atoms in total. The van der Waals surface area contributed by atoms with Crippen LogP contribution in [-0.4, -0.2) is 21.2 Å². The molecule has 0 aliphatic rings. The molecule has 2 aromatic rings. The SMILES string of the molecule is Cn1ccnc1CNCC(O)c1ccco1. The fourth-order valence-corrected chi connectivity index (χ4v) is 1.47. The molecular formula is C11H15N3O2. The summed E-state index contributed by atoms with van der Waals surface area (Å²) in [6, 6.07) is 3.52. The summed E-state index contributed by atoms with van der Waals surface area (Å²) in [5, 5.41) is 12.8. The highest BCUT2D eigenvalue weighted by atomic mass is 16.4. The van der Waals surface area contributed by atoms with E-state index in [0.29, 0.717) is 18.8 Å². The molecule has 2 N–H and O–H groups in total. The molecule has 0 aliphatic heterocycles. The minimum absolute atomic E-state index is 0.445. The molecule has 1 atom stereocenters. The highest BCUT2D eigenvalue weighted by molar-refractivity contribution is 5.02. The Morgan fingerprint density at radius 3 is 3.12 bits per heavy atom. The van der Waals surface area contributed by atoms with Gasteiger partial charge in [-0.05, 0) is 12.1 Å². The number of aromatic nitrogens is 2. The van der Waals surface area contributed by atoms with Crippen LogP contribution in [0.1, 0.15) is 17.7 Å². The molecule has 0 saturated carbocycles. The molecule has 2 aromatic heterocycles. The molecule has 1 unspecified atom stereocenters. The molecule has 0 saturated heterocycles. The fourth-order valence-electron chi connectivity index (χ4n) is 1.47. The highest BCUT2D eigenvalue weighted by Gasteiger charge is 2.09. The van der Waals surface area contributed by atoms with Gasteiger partial charge in [0.05, 0.1) is 12.8 Å². The Labute approximate surface area is 93.7 Å². The van der Waals surface area contributed by atoms with Crippen LogP contribution in [0.25, 0.3) is 0 Å². The van der Waals surface area contributed by atoms with E-state index in [2.05, 4.69) is 10.3 Å². The number of aryl methyl sites for hydroxylation is 1. The smallest absolute Gasteiger partial charge is 0.133 e. The van der Waals surface area contributed by atoms with Crippen molar-refractivity contribution >= 4 is 0 Å². The van der Waals surface area contributed by atoms with Gasteiger partial charge in [-0.1, -0.05) is 0 Å². The Morgan fingerprint density at radius 2 is 2.50 bits per heavy atom. The molecule has 0 fully saturated rings. The lowest BCUT2D eigenvalue weighted by Crippen LogP contribution is -2.22. The van der Waals surface area contributed by atoms with Gasteiger partial charge in [0.15, 0.2) is 0 Å². The molecule has 2 heterocycles. The van der Waals surface area contributed by atoms with Crippen LogP contribution in [0.3, 0.4) is 0 Å². The van der Waals surface area contributed by atoms with Crippen molar-refractivity contribution in [3.05, 3.63) is 42.4 Å². The third kappa shape index (κ3) is 2.50. The van der Waals surface area contributed by atoms with Gasteiger partial charge in [0.1, 0.15) is 17.7 Å². The third-order valence-corrected chi connectivity index (χ3v) is 2.41. The van der Waals surface area contributed by atoms with Gasteiger partial charge in [-0.15, -0.1) is 0 Å². The van der Waals surface area contributed by atoms with Crippen molar-refractivity contribution in [1.82, 2.24) is 14.9 Å². The molecule has 16 heavy (non-hydrogen) atoms. The van der Waals surface area contributed by atoms with E-state index >= 15 is 0 Å². The van der Waals surface area contributed by atoms with Crippen LogP contribution in [0, 0.1) is 0 Å². The maximum absolute atomic E-state index is 9.72. The lowest BCUT2D eigenvalue weighted by molar-refractivity contribution is 0.147. The monoisotopic (exact) mass is 221 g/mol. The first kappa shape index (κ1) is 10.9. The first-order chi connectivity index (χ1) is 7.77. The van der Waals surface area contributed by atoms with Gasteiger partial charge in [0.25, 0.3) is 0 Å². The van der Waals surface area contributed by atoms with Crippen LogP contribution >= 0.6 is 0 Å². The predicted octanol–water partition coefficient (Wildman–Crippen LogP) is 0.836. The quantitative estimate of drug-likeness (QED) is 0.785. The van der Waals surface area contributed by atoms with Crippen LogP contribution in [0.5, 0.6) is 0 Å². The van der Waals surface area contributed by atoms with Crippen molar-refractivity contribution in [3.8, 4) is 0 Å². The van der Waals surface area contributed by atoms with Gasteiger partial charge >= 0.3 is 0 Å². The number of furan rings is 1. The number of hydrogen-bond acceptors (Lipinski definition) is 4. The van der Waals surface area contributed by atoms with E-state index in [1.807, 2.05) is 17.8 Å². The number of imidazole rings is 1. The van der Waals surface area contributed by atoms with E-state index in [1.54, 1.807) is 24.6 Å². The van der Waals surface area contributed by atoms with E-state index in [9.17, 15) is 5.11 Å². The van der Waals surface area contributed by atoms with Gasteiger partial charge in [-0.3, -0.25) is 0 Å². The van der Waals surface area contributed by atoms with E-state index in [1.165, 1.54) is 0 Å². The lowest BCUT2D eigenvalue weighted by atomic mass is 10.3. The van der Waals surface area contributed by atoms with Crippen molar-refractivity contribution in [1.29, 1.82) is 0 Å². The second-order valence-corrected chi connectivity index (χ2v) is 3.62. The summed E-state index contributed by atoms with van der Waals surface area (Å²) < 4.78 is 7.03. The van der Waals surface area contributed by atoms with Crippen molar-refractivity contribution in [2.24, 2.45) is 7.05 Å². The van der Waals surface area contributed by atoms with Crippen molar-refractivity contribution in [2.45, 2.75) is 12.6 Å². The van der Waals surface area contributed by atoms with Crippen LogP contribution in [0.2, 0.25) is 0 Å². The lowest BCUT2D eigenvalue weighted by Gasteiger charge is -2.09.